The molecule has 0 aliphatic rings. The number of rotatable bonds is 16. The van der Waals surface area contributed by atoms with Gasteiger partial charge in [-0.05, 0) is 54.6 Å². The monoisotopic (exact) mass is 655 g/mol. The second kappa shape index (κ2) is 16.1. The van der Waals surface area contributed by atoms with Gasteiger partial charge in [-0.1, -0.05) is 39.3 Å². The summed E-state index contributed by atoms with van der Waals surface area (Å²) in [6.45, 7) is 13.5. The highest BCUT2D eigenvalue weighted by Crippen LogP contribution is 2.51. The van der Waals surface area contributed by atoms with Gasteiger partial charge in [0, 0.05) is 27.9 Å². The number of carbonyl (C=O) groups is 1. The minimum Gasteiger partial charge on any atom is -0.497 e. The average Bonchev–Trinajstić information content (AvgIpc) is 2.87. The summed E-state index contributed by atoms with van der Waals surface area (Å²) < 4.78 is 42.0. The summed E-state index contributed by atoms with van der Waals surface area (Å²) >= 11 is 4.72. The number of carbonyl (C=O) groups excluding carboxylic acids is 1. The van der Waals surface area contributed by atoms with Crippen molar-refractivity contribution in [3.8, 4) is 11.5 Å². The number of nitrogens with two attached hydrogens (primary N) is 1. The molecule has 0 saturated carbocycles. The van der Waals surface area contributed by atoms with Gasteiger partial charge in [0.25, 0.3) is 0 Å². The third kappa shape index (κ3) is 13.9. The van der Waals surface area contributed by atoms with E-state index in [-0.39, 0.29) is 30.7 Å². The first-order chi connectivity index (χ1) is 19.6. The van der Waals surface area contributed by atoms with Crippen LogP contribution in [0.1, 0.15) is 11.3 Å². The maximum atomic E-state index is 13.8. The van der Waals surface area contributed by atoms with E-state index in [1.54, 1.807) is 30.3 Å². The van der Waals surface area contributed by atoms with Gasteiger partial charge in [0.05, 0.1) is 32.2 Å². The molecule has 1 heterocycles. The number of thiocarbonyl (C=S) groups is 1. The molecule has 0 fully saturated rings. The molecule has 2 rings (SSSR count). The van der Waals surface area contributed by atoms with Crippen LogP contribution >= 0.6 is 20.0 Å². The molecule has 4 N–H and O–H groups in total. The molecule has 0 bridgehead atoms. The van der Waals surface area contributed by atoms with Crippen molar-refractivity contribution in [3.05, 3.63) is 47.8 Å². The highest BCUT2D eigenvalue weighted by Gasteiger charge is 2.32. The maximum absolute atomic E-state index is 13.8. The van der Waals surface area contributed by atoms with E-state index in [9.17, 15) is 9.36 Å². The summed E-state index contributed by atoms with van der Waals surface area (Å²) in [6.07, 6.45) is 2.12. The second-order valence-corrected chi connectivity index (χ2v) is 24.9. The Morgan fingerprint density at radius 3 is 2.31 bits per heavy atom. The van der Waals surface area contributed by atoms with E-state index >= 15 is 0 Å². The van der Waals surface area contributed by atoms with Crippen molar-refractivity contribution in [1.29, 1.82) is 0 Å². The highest BCUT2D eigenvalue weighted by atomic mass is 32.1. The zero-order valence-corrected chi connectivity index (χ0v) is 29.0. The zero-order valence-electron chi connectivity index (χ0n) is 25.3. The molecule has 0 spiro atoms. The minimum absolute atomic E-state index is 0.0140. The molecule has 0 aliphatic carbocycles. The van der Waals surface area contributed by atoms with Crippen molar-refractivity contribution in [2.45, 2.75) is 58.0 Å². The van der Waals surface area contributed by atoms with E-state index in [1.165, 1.54) is 19.5 Å². The van der Waals surface area contributed by atoms with E-state index in [0.717, 1.165) is 12.1 Å². The zero-order chi connectivity index (χ0) is 31.4. The Morgan fingerprint density at radius 2 is 1.74 bits per heavy atom. The molecule has 1 aromatic carbocycles. The summed E-state index contributed by atoms with van der Waals surface area (Å²) in [6, 6.07) is 9.69. The number of methoxy groups -OCH3 is 1. The van der Waals surface area contributed by atoms with Crippen LogP contribution in [0.4, 0.5) is 10.5 Å². The van der Waals surface area contributed by atoms with Crippen molar-refractivity contribution in [3.63, 3.8) is 0 Å². The Labute approximate surface area is 255 Å². The van der Waals surface area contributed by atoms with Crippen LogP contribution in [0.5, 0.6) is 11.5 Å². The lowest BCUT2D eigenvalue weighted by atomic mass is 10.2. The number of anilines is 1. The normalized spacial score (nSPS) is 12.2. The van der Waals surface area contributed by atoms with Crippen molar-refractivity contribution in [1.82, 2.24) is 10.4 Å². The van der Waals surface area contributed by atoms with Crippen LogP contribution in [0.3, 0.4) is 0 Å². The summed E-state index contributed by atoms with van der Waals surface area (Å²) in [5.41, 5.74) is 8.88. The number of phosphoric acid groups is 1. The van der Waals surface area contributed by atoms with Gasteiger partial charge in [0.1, 0.15) is 23.8 Å². The smallest absolute Gasteiger partial charge is 0.497 e. The molecule has 12 nitrogen and oxygen atoms in total. The van der Waals surface area contributed by atoms with Gasteiger partial charge in [-0.15, -0.1) is 0 Å². The molecule has 0 atom stereocenters. The molecule has 1 aromatic heterocycles. The third-order valence-electron chi connectivity index (χ3n) is 5.48. The van der Waals surface area contributed by atoms with Crippen molar-refractivity contribution in [2.24, 2.45) is 10.8 Å². The van der Waals surface area contributed by atoms with Gasteiger partial charge in [0.15, 0.2) is 5.11 Å². The van der Waals surface area contributed by atoms with Crippen LogP contribution in [0.15, 0.2) is 41.6 Å². The molecule has 232 valence electrons. The topological polar surface area (TPSA) is 156 Å². The van der Waals surface area contributed by atoms with E-state index < -0.39 is 30.1 Å². The predicted molar refractivity (Wildman–Crippen MR) is 175 cm³/mol. The van der Waals surface area contributed by atoms with E-state index in [0.29, 0.717) is 22.7 Å². The number of phosphoric ester groups is 1. The number of hydrazone groups is 1. The quantitative estimate of drug-likeness (QED) is 0.0622. The van der Waals surface area contributed by atoms with Gasteiger partial charge in [-0.25, -0.2) is 9.36 Å². The largest absolute Gasteiger partial charge is 0.530 e. The summed E-state index contributed by atoms with van der Waals surface area (Å²) in [4.78, 5) is 16.9. The number of nitrogens with zero attached hydrogens (tertiary/aromatic N) is 2. The van der Waals surface area contributed by atoms with Gasteiger partial charge in [-0.3, -0.25) is 24.8 Å². The first kappa shape index (κ1) is 35.4. The van der Waals surface area contributed by atoms with Crippen molar-refractivity contribution < 1.29 is 32.4 Å². The molecule has 0 unspecified atom stereocenters. The standard InChI is InChI=1S/C26H42N5O7PSSi2/c1-34-21-10-11-24(38-39(33,36-13-15-41(2,3)4)37-14-16-42(5,6)7)20(17-21)19-35-26(32)30-22-9-8-12-28-23(22)18-29-31-25(27)40/h8-12,17-18H,13-16,19H2,1-7H3,(H,30,32)(H3,27,31,40). The van der Waals surface area contributed by atoms with Gasteiger partial charge >= 0.3 is 13.9 Å². The lowest BCUT2D eigenvalue weighted by Gasteiger charge is -2.23. The number of benzene rings is 1. The van der Waals surface area contributed by atoms with Gasteiger partial charge < -0.3 is 19.7 Å². The maximum Gasteiger partial charge on any atom is 0.530 e. The number of nitrogens with one attached hydrogen (secondary N) is 2. The fourth-order valence-corrected chi connectivity index (χ4v) is 6.15. The lowest BCUT2D eigenvalue weighted by Crippen LogP contribution is -2.24. The molecule has 1 amide bonds. The number of pyridine rings is 1. The highest BCUT2D eigenvalue weighted by molar-refractivity contribution is 7.80. The second-order valence-electron chi connectivity index (χ2n) is 11.7. The first-order valence-corrected chi connectivity index (χ1v) is 22.6. The molecule has 2 aromatic rings. The molecule has 42 heavy (non-hydrogen) atoms. The summed E-state index contributed by atoms with van der Waals surface area (Å²) in [7, 11) is -5.41. The summed E-state index contributed by atoms with van der Waals surface area (Å²) in [5.74, 6) is 0.678. The first-order valence-electron chi connectivity index (χ1n) is 13.3. The minimum atomic E-state index is -3.99. The van der Waals surface area contributed by atoms with E-state index in [4.69, 9.17) is 41.0 Å². The molecule has 0 radical (unpaired) electrons. The van der Waals surface area contributed by atoms with Crippen LogP contribution in [-0.2, 0) is 25.0 Å². The predicted octanol–water partition coefficient (Wildman–Crippen LogP) is 6.20. The van der Waals surface area contributed by atoms with Crippen molar-refractivity contribution >= 4 is 59.3 Å². The number of amides is 1. The van der Waals surface area contributed by atoms with Crippen molar-refractivity contribution in [2.75, 3.05) is 25.6 Å². The average molecular weight is 656 g/mol. The van der Waals surface area contributed by atoms with Gasteiger partial charge in [0.2, 0.25) is 0 Å². The number of ether oxygens (including phenoxy) is 2. The Kier molecular flexibility index (Phi) is 13.6. The Bertz CT molecular complexity index is 1260. The number of hydrogen-bond donors (Lipinski definition) is 3. The molecular formula is C26H42N5O7PSSi2. The van der Waals surface area contributed by atoms with Crippen LogP contribution < -0.4 is 25.7 Å². The SMILES string of the molecule is COc1ccc(OP(=O)(OCC[Si](C)(C)C)OCC[Si](C)(C)C)c(COC(=O)Nc2cccnc2C=NNC(N)=S)c1. The molecular weight excluding hydrogens is 614 g/mol. The third-order valence-corrected chi connectivity index (χ3v) is 10.4. The van der Waals surface area contributed by atoms with E-state index in [2.05, 4.69) is 60.1 Å². The molecule has 0 saturated heterocycles. The Morgan fingerprint density at radius 1 is 1.10 bits per heavy atom. The van der Waals surface area contributed by atoms with E-state index in [1.807, 2.05) is 0 Å². The molecule has 0 aliphatic heterocycles. The Balaban J connectivity index is 2.20. The summed E-state index contributed by atoms with van der Waals surface area (Å²) in [5, 5.41) is 6.47. The number of hydrogen-bond acceptors (Lipinski definition) is 10. The van der Waals surface area contributed by atoms with Crippen LogP contribution in [0.25, 0.3) is 0 Å². The molecule has 16 heteroatoms. The fourth-order valence-electron chi connectivity index (χ4n) is 3.09. The number of aromatic nitrogens is 1. The fraction of sp³-hybridized carbons (Fsp3) is 0.462. The van der Waals surface area contributed by atoms with Crippen LogP contribution in [-0.4, -0.2) is 58.9 Å². The van der Waals surface area contributed by atoms with Gasteiger partial charge in [-0.2, -0.15) is 5.10 Å². The lowest BCUT2D eigenvalue weighted by molar-refractivity contribution is 0.151. The Hall–Kier alpha value is -2.82. The van der Waals surface area contributed by atoms with Crippen LogP contribution in [0, 0.1) is 0 Å². The van der Waals surface area contributed by atoms with Crippen LogP contribution in [0.2, 0.25) is 51.4 Å².